The molecule has 1 aliphatic heterocycles. The van der Waals surface area contributed by atoms with E-state index in [9.17, 15) is 20.1 Å². The summed E-state index contributed by atoms with van der Waals surface area (Å²) in [5, 5.41) is 36.4. The Labute approximate surface area is 195 Å². The number of carbonyl (C=O) groups excluding carboxylic acids is 1. The maximum atomic E-state index is 12.5. The Morgan fingerprint density at radius 2 is 1.88 bits per heavy atom. The zero-order chi connectivity index (χ0) is 23.7. The Bertz CT molecular complexity index is 1150. The number of aliphatic hydroxyl groups excluding tert-OH is 3. The summed E-state index contributed by atoms with van der Waals surface area (Å²) in [6.07, 6.45) is 1.42. The molecule has 0 radical (unpaired) electrons. The fourth-order valence-electron chi connectivity index (χ4n) is 4.55. The molecule has 0 unspecified atom stereocenters. The smallest absolute Gasteiger partial charge is 0.251 e. The number of aliphatic hydroxyl groups is 3. The number of benzene rings is 1. The molecular formula is C23H28N6O5. The molecule has 1 saturated heterocycles. The number of amides is 1. The van der Waals surface area contributed by atoms with Gasteiger partial charge in [0.15, 0.2) is 29.0 Å². The lowest BCUT2D eigenvalue weighted by Gasteiger charge is -2.18. The Morgan fingerprint density at radius 3 is 2.59 bits per heavy atom. The Balaban J connectivity index is 1.46. The molecule has 34 heavy (non-hydrogen) atoms. The monoisotopic (exact) mass is 468 g/mol. The topological polar surface area (TPSA) is 155 Å². The number of hydrogen-bond donors (Lipinski definition) is 5. The SMILES string of the molecule is O=C(NCc1nc(NC2CCCC2)c2ncn([C@@H]3O[C@H](CO)[C@@H](O)[C@@H]3O)c2n1)c1ccccc1. The summed E-state index contributed by atoms with van der Waals surface area (Å²) in [6.45, 7) is -0.342. The largest absolute Gasteiger partial charge is 0.394 e. The number of fused-ring (bicyclic) bond motifs is 1. The van der Waals surface area contributed by atoms with Crippen LogP contribution in [0.2, 0.25) is 0 Å². The normalized spacial score (nSPS) is 25.1. The van der Waals surface area contributed by atoms with Crippen molar-refractivity contribution in [1.82, 2.24) is 24.8 Å². The van der Waals surface area contributed by atoms with E-state index in [1.165, 1.54) is 10.9 Å². The molecule has 3 heterocycles. The van der Waals surface area contributed by atoms with Crippen LogP contribution in [-0.4, -0.2) is 71.7 Å². The molecule has 2 fully saturated rings. The molecule has 2 aromatic heterocycles. The number of rotatable bonds is 7. The minimum absolute atomic E-state index is 0.0875. The highest BCUT2D eigenvalue weighted by atomic mass is 16.6. The number of carbonyl (C=O) groups is 1. The molecule has 1 aliphatic carbocycles. The highest BCUT2D eigenvalue weighted by molar-refractivity contribution is 5.94. The second-order valence-electron chi connectivity index (χ2n) is 8.72. The first-order chi connectivity index (χ1) is 16.5. The van der Waals surface area contributed by atoms with Crippen molar-refractivity contribution >= 4 is 22.9 Å². The Morgan fingerprint density at radius 1 is 1.12 bits per heavy atom. The molecule has 180 valence electrons. The van der Waals surface area contributed by atoms with Crippen molar-refractivity contribution in [2.75, 3.05) is 11.9 Å². The van der Waals surface area contributed by atoms with Crippen LogP contribution in [0.5, 0.6) is 0 Å². The van der Waals surface area contributed by atoms with E-state index in [-0.39, 0.29) is 18.5 Å². The van der Waals surface area contributed by atoms with Crippen molar-refractivity contribution in [2.45, 2.75) is 62.8 Å². The van der Waals surface area contributed by atoms with Gasteiger partial charge in [0.2, 0.25) is 0 Å². The van der Waals surface area contributed by atoms with Gasteiger partial charge in [-0.15, -0.1) is 0 Å². The van der Waals surface area contributed by atoms with Gasteiger partial charge in [-0.05, 0) is 25.0 Å². The number of ether oxygens (including phenoxy) is 1. The van der Waals surface area contributed by atoms with E-state index in [1.54, 1.807) is 24.3 Å². The van der Waals surface area contributed by atoms with E-state index in [0.717, 1.165) is 25.7 Å². The molecule has 0 bridgehead atoms. The molecule has 11 heteroatoms. The molecule has 3 aromatic rings. The number of anilines is 1. The molecule has 0 spiro atoms. The minimum Gasteiger partial charge on any atom is -0.394 e. The van der Waals surface area contributed by atoms with Gasteiger partial charge in [-0.25, -0.2) is 15.0 Å². The summed E-state index contributed by atoms with van der Waals surface area (Å²) >= 11 is 0. The predicted molar refractivity (Wildman–Crippen MR) is 122 cm³/mol. The summed E-state index contributed by atoms with van der Waals surface area (Å²) < 4.78 is 7.21. The highest BCUT2D eigenvalue weighted by Gasteiger charge is 2.44. The summed E-state index contributed by atoms with van der Waals surface area (Å²) in [4.78, 5) is 26.2. The van der Waals surface area contributed by atoms with Gasteiger partial charge in [-0.3, -0.25) is 9.36 Å². The summed E-state index contributed by atoms with van der Waals surface area (Å²) in [5.74, 6) is 0.670. The number of imidazole rings is 1. The van der Waals surface area contributed by atoms with Crippen molar-refractivity contribution in [3.05, 3.63) is 48.0 Å². The molecule has 4 atom stereocenters. The fourth-order valence-corrected chi connectivity index (χ4v) is 4.55. The van der Waals surface area contributed by atoms with Crippen LogP contribution < -0.4 is 10.6 Å². The minimum atomic E-state index is -1.27. The standard InChI is InChI=1S/C23H28N6O5/c30-11-15-18(31)19(32)23(34-15)29-12-25-17-20(26-14-8-4-5-9-14)27-16(28-21(17)29)10-24-22(33)13-6-2-1-3-7-13/h1-3,6-7,12,14-15,18-19,23,30-32H,4-5,8-11H2,(H,24,33)(H,26,27,28)/t15-,18-,19+,23-/m1/s1. The van der Waals surface area contributed by atoms with E-state index in [4.69, 9.17) is 4.74 Å². The average Bonchev–Trinajstić information content (AvgIpc) is 3.59. The van der Waals surface area contributed by atoms with Crippen LogP contribution in [-0.2, 0) is 11.3 Å². The van der Waals surface area contributed by atoms with E-state index in [2.05, 4.69) is 25.6 Å². The van der Waals surface area contributed by atoms with Crippen LogP contribution in [0.3, 0.4) is 0 Å². The van der Waals surface area contributed by atoms with Gasteiger partial charge in [0.1, 0.15) is 18.3 Å². The van der Waals surface area contributed by atoms with Crippen LogP contribution in [0.1, 0.15) is 48.1 Å². The number of nitrogens with one attached hydrogen (secondary N) is 2. The second kappa shape index (κ2) is 9.63. The van der Waals surface area contributed by atoms with Gasteiger partial charge in [0, 0.05) is 11.6 Å². The van der Waals surface area contributed by atoms with E-state index < -0.39 is 31.1 Å². The maximum Gasteiger partial charge on any atom is 0.251 e. The van der Waals surface area contributed by atoms with Crippen molar-refractivity contribution < 1.29 is 24.9 Å². The molecule has 2 aliphatic rings. The highest BCUT2D eigenvalue weighted by Crippen LogP contribution is 2.33. The van der Waals surface area contributed by atoms with Crippen molar-refractivity contribution in [3.8, 4) is 0 Å². The maximum absolute atomic E-state index is 12.5. The predicted octanol–water partition coefficient (Wildman–Crippen LogP) is 0.722. The zero-order valence-corrected chi connectivity index (χ0v) is 18.5. The Kier molecular flexibility index (Phi) is 6.42. The average molecular weight is 469 g/mol. The lowest BCUT2D eigenvalue weighted by Crippen LogP contribution is -2.33. The Hall–Kier alpha value is -3.12. The summed E-state index contributed by atoms with van der Waals surface area (Å²) in [5.41, 5.74) is 1.43. The first-order valence-electron chi connectivity index (χ1n) is 11.5. The number of aromatic nitrogens is 4. The van der Waals surface area contributed by atoms with Crippen molar-refractivity contribution in [2.24, 2.45) is 0 Å². The van der Waals surface area contributed by atoms with Crippen molar-refractivity contribution in [1.29, 1.82) is 0 Å². The lowest BCUT2D eigenvalue weighted by atomic mass is 10.1. The third kappa shape index (κ3) is 4.34. The summed E-state index contributed by atoms with van der Waals surface area (Å²) in [6, 6.07) is 9.14. The molecule has 5 rings (SSSR count). The molecule has 1 amide bonds. The summed E-state index contributed by atoms with van der Waals surface area (Å²) in [7, 11) is 0. The molecule has 1 aromatic carbocycles. The van der Waals surface area contributed by atoms with Crippen LogP contribution in [0.25, 0.3) is 11.2 Å². The molecule has 1 saturated carbocycles. The van der Waals surface area contributed by atoms with Crippen LogP contribution in [0, 0.1) is 0 Å². The van der Waals surface area contributed by atoms with Gasteiger partial charge in [-0.1, -0.05) is 31.0 Å². The zero-order valence-electron chi connectivity index (χ0n) is 18.5. The number of nitrogens with zero attached hydrogens (tertiary/aromatic N) is 4. The van der Waals surface area contributed by atoms with Gasteiger partial charge in [-0.2, -0.15) is 0 Å². The van der Waals surface area contributed by atoms with Crippen molar-refractivity contribution in [3.63, 3.8) is 0 Å². The quantitative estimate of drug-likeness (QED) is 0.337. The van der Waals surface area contributed by atoms with Crippen LogP contribution in [0.15, 0.2) is 36.7 Å². The van der Waals surface area contributed by atoms with Crippen LogP contribution in [0.4, 0.5) is 5.82 Å². The van der Waals surface area contributed by atoms with Gasteiger partial charge in [0.05, 0.1) is 19.5 Å². The van der Waals surface area contributed by atoms with Gasteiger partial charge >= 0.3 is 0 Å². The lowest BCUT2D eigenvalue weighted by molar-refractivity contribution is -0.0511. The second-order valence-corrected chi connectivity index (χ2v) is 8.72. The fraction of sp³-hybridized carbons (Fsp3) is 0.478. The van der Waals surface area contributed by atoms with E-state index in [1.807, 2.05) is 6.07 Å². The molecular weight excluding hydrogens is 440 g/mol. The third-order valence-corrected chi connectivity index (χ3v) is 6.40. The van der Waals surface area contributed by atoms with E-state index in [0.29, 0.717) is 28.4 Å². The third-order valence-electron chi connectivity index (χ3n) is 6.40. The first kappa shape index (κ1) is 22.7. The van der Waals surface area contributed by atoms with E-state index >= 15 is 0 Å². The van der Waals surface area contributed by atoms with Crippen LogP contribution >= 0.6 is 0 Å². The number of hydrogen-bond acceptors (Lipinski definition) is 9. The van der Waals surface area contributed by atoms with Gasteiger partial charge < -0.3 is 30.7 Å². The van der Waals surface area contributed by atoms with Gasteiger partial charge in [0.25, 0.3) is 5.91 Å². The molecule has 11 nitrogen and oxygen atoms in total. The molecule has 5 N–H and O–H groups in total. The first-order valence-corrected chi connectivity index (χ1v) is 11.5.